The van der Waals surface area contributed by atoms with Crippen molar-refractivity contribution in [1.29, 1.82) is 0 Å². The van der Waals surface area contributed by atoms with E-state index in [2.05, 4.69) is 43.0 Å². The van der Waals surface area contributed by atoms with Gasteiger partial charge in [0.1, 0.15) is 0 Å². The van der Waals surface area contributed by atoms with E-state index in [-0.39, 0.29) is 0 Å². The van der Waals surface area contributed by atoms with Gasteiger partial charge in [0.25, 0.3) is 0 Å². The molecule has 56 valence electrons. The molecule has 0 nitrogen and oxygen atoms in total. The summed E-state index contributed by atoms with van der Waals surface area (Å²) < 4.78 is 0. The van der Waals surface area contributed by atoms with E-state index in [4.69, 9.17) is 0 Å². The number of fused-ring (bicyclic) bond motifs is 3. The predicted molar refractivity (Wildman–Crippen MR) is 51.2 cm³/mol. The molecule has 0 aromatic carbocycles. The summed E-state index contributed by atoms with van der Waals surface area (Å²) in [5, 5.41) is 0. The highest BCUT2D eigenvalue weighted by Crippen LogP contribution is 2.47. The van der Waals surface area contributed by atoms with Crippen molar-refractivity contribution in [3.8, 4) is 11.1 Å². The normalized spacial score (nSPS) is 13.2. The van der Waals surface area contributed by atoms with Crippen molar-refractivity contribution >= 4 is 5.57 Å². The molecule has 0 N–H and O–H groups in total. The summed E-state index contributed by atoms with van der Waals surface area (Å²) in [5.41, 5.74) is 6.57. The van der Waals surface area contributed by atoms with Gasteiger partial charge in [0.15, 0.2) is 0 Å². The monoisotopic (exact) mass is 152 g/mol. The predicted octanol–water partition coefficient (Wildman–Crippen LogP) is 3.17. The highest BCUT2D eigenvalue weighted by molar-refractivity contribution is 6.05. The molecule has 0 unspecified atom stereocenters. The molecule has 0 heteroatoms. The maximum atomic E-state index is 3.99. The van der Waals surface area contributed by atoms with Crippen LogP contribution in [0.1, 0.15) is 11.1 Å². The van der Waals surface area contributed by atoms with E-state index in [0.29, 0.717) is 0 Å². The Labute approximate surface area is 71.5 Å². The number of rotatable bonds is 0. The first-order valence-corrected chi connectivity index (χ1v) is 4.09. The Bertz CT molecular complexity index is 452. The molecule has 0 spiro atoms. The van der Waals surface area contributed by atoms with Crippen LogP contribution in [0.15, 0.2) is 43.0 Å². The van der Waals surface area contributed by atoms with Crippen molar-refractivity contribution in [3.63, 3.8) is 0 Å². The summed E-state index contributed by atoms with van der Waals surface area (Å²) in [5.74, 6) is 0. The second-order valence-corrected chi connectivity index (χ2v) is 3.19. The molecule has 0 radical (unpaired) electrons. The fraction of sp³-hybridized carbons (Fsp3) is 0. The third kappa shape index (κ3) is 0.578. The third-order valence-electron chi connectivity index (χ3n) is 2.49. The second-order valence-electron chi connectivity index (χ2n) is 3.19. The number of hydrogen-bond acceptors (Lipinski definition) is 0. The Morgan fingerprint density at radius 2 is 1.50 bits per heavy atom. The molecule has 3 aliphatic carbocycles. The maximum Gasteiger partial charge on any atom is -0.00265 e. The van der Waals surface area contributed by atoms with E-state index in [9.17, 15) is 0 Å². The first-order chi connectivity index (χ1) is 5.88. The van der Waals surface area contributed by atoms with Gasteiger partial charge in [-0.15, -0.1) is 0 Å². The minimum Gasteiger partial charge on any atom is -0.0905 e. The van der Waals surface area contributed by atoms with Crippen molar-refractivity contribution in [1.82, 2.24) is 0 Å². The minimum atomic E-state index is 1.21. The van der Waals surface area contributed by atoms with E-state index in [1.807, 2.05) is 0 Å². The van der Waals surface area contributed by atoms with Gasteiger partial charge in [0, 0.05) is 0 Å². The smallest absolute Gasteiger partial charge is 0.00265 e. The highest BCUT2D eigenvalue weighted by atomic mass is 14.3. The summed E-state index contributed by atoms with van der Waals surface area (Å²) in [4.78, 5) is 0. The van der Waals surface area contributed by atoms with E-state index >= 15 is 0 Å². The average Bonchev–Trinajstić information content (AvgIpc) is 2.52. The molecule has 0 atom stereocenters. The van der Waals surface area contributed by atoms with Crippen molar-refractivity contribution in [2.45, 2.75) is 0 Å². The van der Waals surface area contributed by atoms with E-state index < -0.39 is 0 Å². The van der Waals surface area contributed by atoms with Gasteiger partial charge in [0.2, 0.25) is 0 Å². The minimum absolute atomic E-state index is 1.21. The Morgan fingerprint density at radius 1 is 0.833 bits per heavy atom. The molecule has 0 aromatic rings. The van der Waals surface area contributed by atoms with Gasteiger partial charge in [-0.2, -0.15) is 0 Å². The van der Waals surface area contributed by atoms with E-state index in [0.717, 1.165) is 0 Å². The lowest BCUT2D eigenvalue weighted by Crippen LogP contribution is -1.64. The van der Waals surface area contributed by atoms with Crippen LogP contribution in [-0.2, 0) is 0 Å². The zero-order valence-electron chi connectivity index (χ0n) is 6.67. The molecular formula is C12H8. The van der Waals surface area contributed by atoms with Crippen LogP contribution in [0.2, 0.25) is 0 Å². The summed E-state index contributed by atoms with van der Waals surface area (Å²) in [6.45, 7) is 3.99. The van der Waals surface area contributed by atoms with Crippen molar-refractivity contribution < 1.29 is 0 Å². The molecule has 3 rings (SSSR count). The molecule has 0 aromatic heterocycles. The van der Waals surface area contributed by atoms with Crippen molar-refractivity contribution in [2.75, 3.05) is 0 Å². The Balaban J connectivity index is 2.46. The third-order valence-corrected chi connectivity index (χ3v) is 2.49. The van der Waals surface area contributed by atoms with Crippen LogP contribution in [0, 0.1) is 0 Å². The zero-order valence-corrected chi connectivity index (χ0v) is 6.67. The van der Waals surface area contributed by atoms with E-state index in [1.165, 1.54) is 27.8 Å². The first-order valence-electron chi connectivity index (χ1n) is 4.09. The van der Waals surface area contributed by atoms with Crippen molar-refractivity contribution in [2.24, 2.45) is 0 Å². The average molecular weight is 152 g/mol. The lowest BCUT2D eigenvalue weighted by atomic mass is 10.1. The molecule has 0 aliphatic heterocycles. The summed E-state index contributed by atoms with van der Waals surface area (Å²) >= 11 is 0. The van der Waals surface area contributed by atoms with Crippen LogP contribution >= 0.6 is 0 Å². The number of hydrogen-bond donors (Lipinski definition) is 0. The second kappa shape index (κ2) is 1.78. The van der Waals surface area contributed by atoms with Gasteiger partial charge in [-0.05, 0) is 27.8 Å². The maximum absolute atomic E-state index is 3.99. The molecule has 0 fully saturated rings. The van der Waals surface area contributed by atoms with Gasteiger partial charge in [-0.1, -0.05) is 43.0 Å². The molecule has 0 amide bonds. The Morgan fingerprint density at radius 3 is 2.25 bits per heavy atom. The molecule has 3 aliphatic rings. The van der Waals surface area contributed by atoms with E-state index in [1.54, 1.807) is 0 Å². The lowest BCUT2D eigenvalue weighted by molar-refractivity contribution is 1.82. The molecule has 0 saturated carbocycles. The van der Waals surface area contributed by atoms with Gasteiger partial charge >= 0.3 is 0 Å². The van der Waals surface area contributed by atoms with Crippen molar-refractivity contribution in [3.05, 3.63) is 54.1 Å². The Kier molecular flexibility index (Phi) is 0.891. The van der Waals surface area contributed by atoms with Crippen LogP contribution in [0.25, 0.3) is 16.7 Å². The van der Waals surface area contributed by atoms with Gasteiger partial charge in [-0.25, -0.2) is 0 Å². The topological polar surface area (TPSA) is 0 Å². The van der Waals surface area contributed by atoms with Crippen LogP contribution < -0.4 is 0 Å². The van der Waals surface area contributed by atoms with Gasteiger partial charge in [0.05, 0.1) is 0 Å². The summed E-state index contributed by atoms with van der Waals surface area (Å²) in [7, 11) is 0. The van der Waals surface area contributed by atoms with Crippen LogP contribution in [-0.4, -0.2) is 0 Å². The molecule has 0 saturated heterocycles. The highest BCUT2D eigenvalue weighted by Gasteiger charge is 2.26. The largest absolute Gasteiger partial charge is 0.0905 e. The molecular weight excluding hydrogens is 144 g/mol. The lowest BCUT2D eigenvalue weighted by Gasteiger charge is -1.88. The van der Waals surface area contributed by atoms with Crippen LogP contribution in [0.4, 0.5) is 0 Å². The first kappa shape index (κ1) is 6.01. The summed E-state index contributed by atoms with van der Waals surface area (Å²) in [6.07, 6.45) is 0. The molecule has 12 heavy (non-hydrogen) atoms. The molecule has 0 bridgehead atoms. The van der Waals surface area contributed by atoms with Gasteiger partial charge < -0.3 is 0 Å². The quantitative estimate of drug-likeness (QED) is 0.464. The standard InChI is InChI=1S/C12H8/c1-8-10-6-2-4-9-5-3-7-11(9)12(8)10/h2-7H,1H2. The molecule has 0 heterocycles. The van der Waals surface area contributed by atoms with Crippen LogP contribution in [0.5, 0.6) is 0 Å². The fourth-order valence-electron chi connectivity index (χ4n) is 1.79. The zero-order chi connectivity index (χ0) is 8.13. The van der Waals surface area contributed by atoms with Crippen LogP contribution in [0.3, 0.4) is 0 Å². The SMILES string of the molecule is C=C1c2cccc3cccc-3c21. The summed E-state index contributed by atoms with van der Waals surface area (Å²) in [6, 6.07) is 12.8. The Hall–Kier alpha value is -1.56. The van der Waals surface area contributed by atoms with Gasteiger partial charge in [-0.3, -0.25) is 0 Å². The fourth-order valence-corrected chi connectivity index (χ4v) is 1.79.